The highest BCUT2D eigenvalue weighted by Crippen LogP contribution is 2.39. The SMILES string of the molecule is Cn1c2c(c(=O)n(C)c1=O)[C@@H](c1cccc(F)c1)C(C#N)=C(N)O2. The van der Waals surface area contributed by atoms with E-state index in [0.717, 1.165) is 9.13 Å². The Labute approximate surface area is 135 Å². The van der Waals surface area contributed by atoms with Gasteiger partial charge < -0.3 is 10.5 Å². The summed E-state index contributed by atoms with van der Waals surface area (Å²) in [6, 6.07) is 7.43. The molecular weight excluding hydrogens is 315 g/mol. The molecule has 0 saturated heterocycles. The van der Waals surface area contributed by atoms with Gasteiger partial charge in [-0.05, 0) is 17.7 Å². The summed E-state index contributed by atoms with van der Waals surface area (Å²) < 4.78 is 21.0. The van der Waals surface area contributed by atoms with Crippen LogP contribution in [0.3, 0.4) is 0 Å². The van der Waals surface area contributed by atoms with Gasteiger partial charge in [0, 0.05) is 14.1 Å². The van der Waals surface area contributed by atoms with Crippen LogP contribution in [0.2, 0.25) is 0 Å². The summed E-state index contributed by atoms with van der Waals surface area (Å²) in [6.07, 6.45) is 0. The van der Waals surface area contributed by atoms with Crippen molar-refractivity contribution in [2.24, 2.45) is 19.8 Å². The number of allylic oxidation sites excluding steroid dienone is 1. The highest BCUT2D eigenvalue weighted by Gasteiger charge is 2.35. The molecule has 8 heteroatoms. The number of fused-ring (bicyclic) bond motifs is 1. The highest BCUT2D eigenvalue weighted by molar-refractivity contribution is 5.52. The molecule has 0 spiro atoms. The number of aromatic nitrogens is 2. The molecule has 0 bridgehead atoms. The first-order valence-corrected chi connectivity index (χ1v) is 6.99. The summed E-state index contributed by atoms with van der Waals surface area (Å²) in [4.78, 5) is 24.7. The molecule has 0 aliphatic carbocycles. The normalized spacial score (nSPS) is 16.3. The smallest absolute Gasteiger partial charge is 0.333 e. The molecule has 1 aliphatic heterocycles. The topological polar surface area (TPSA) is 103 Å². The largest absolute Gasteiger partial charge is 0.423 e. The van der Waals surface area contributed by atoms with E-state index in [2.05, 4.69) is 0 Å². The van der Waals surface area contributed by atoms with E-state index >= 15 is 0 Å². The van der Waals surface area contributed by atoms with Gasteiger partial charge in [0.1, 0.15) is 17.5 Å². The average molecular weight is 328 g/mol. The molecule has 122 valence electrons. The van der Waals surface area contributed by atoms with Crippen LogP contribution in [0, 0.1) is 17.1 Å². The van der Waals surface area contributed by atoms with Gasteiger partial charge >= 0.3 is 5.69 Å². The molecule has 7 nitrogen and oxygen atoms in total. The summed E-state index contributed by atoms with van der Waals surface area (Å²) >= 11 is 0. The van der Waals surface area contributed by atoms with Gasteiger partial charge in [-0.1, -0.05) is 12.1 Å². The summed E-state index contributed by atoms with van der Waals surface area (Å²) in [5.41, 5.74) is 5.00. The van der Waals surface area contributed by atoms with Crippen LogP contribution in [0.4, 0.5) is 4.39 Å². The minimum absolute atomic E-state index is 0.0103. The molecule has 1 aliphatic rings. The quantitative estimate of drug-likeness (QED) is 0.818. The van der Waals surface area contributed by atoms with Crippen LogP contribution in [0.1, 0.15) is 17.0 Å². The van der Waals surface area contributed by atoms with Crippen molar-refractivity contribution in [1.29, 1.82) is 5.26 Å². The Bertz CT molecular complexity index is 1040. The van der Waals surface area contributed by atoms with E-state index in [4.69, 9.17) is 10.5 Å². The van der Waals surface area contributed by atoms with Crippen molar-refractivity contribution in [2.75, 3.05) is 0 Å². The molecule has 1 atom stereocenters. The molecule has 3 rings (SSSR count). The van der Waals surface area contributed by atoms with Crippen LogP contribution >= 0.6 is 0 Å². The number of halogens is 1. The zero-order chi connectivity index (χ0) is 17.6. The van der Waals surface area contributed by atoms with E-state index < -0.39 is 23.0 Å². The molecule has 0 fully saturated rings. The first-order chi connectivity index (χ1) is 11.4. The Balaban J connectivity index is 2.44. The van der Waals surface area contributed by atoms with Gasteiger partial charge in [-0.3, -0.25) is 13.9 Å². The Morgan fingerprint density at radius 2 is 2.00 bits per heavy atom. The van der Waals surface area contributed by atoms with Gasteiger partial charge in [-0.15, -0.1) is 0 Å². The Morgan fingerprint density at radius 1 is 1.29 bits per heavy atom. The molecule has 0 amide bonds. The number of nitriles is 1. The van der Waals surface area contributed by atoms with Crippen molar-refractivity contribution in [1.82, 2.24) is 9.13 Å². The number of rotatable bonds is 1. The summed E-state index contributed by atoms with van der Waals surface area (Å²) in [5, 5.41) is 9.43. The Morgan fingerprint density at radius 3 is 2.62 bits per heavy atom. The third kappa shape index (κ3) is 2.10. The summed E-state index contributed by atoms with van der Waals surface area (Å²) in [5.74, 6) is -1.70. The fourth-order valence-electron chi connectivity index (χ4n) is 2.81. The van der Waals surface area contributed by atoms with Crippen LogP contribution in [-0.2, 0) is 14.1 Å². The van der Waals surface area contributed by atoms with Crippen molar-refractivity contribution in [3.8, 4) is 11.9 Å². The van der Waals surface area contributed by atoms with E-state index in [1.54, 1.807) is 6.07 Å². The van der Waals surface area contributed by atoms with Gasteiger partial charge in [-0.25, -0.2) is 9.18 Å². The maximum Gasteiger partial charge on any atom is 0.333 e. The van der Waals surface area contributed by atoms with Crippen LogP contribution in [0.15, 0.2) is 45.3 Å². The number of benzene rings is 1. The van der Waals surface area contributed by atoms with Gasteiger partial charge in [0.2, 0.25) is 11.8 Å². The van der Waals surface area contributed by atoms with Crippen LogP contribution in [0.25, 0.3) is 0 Å². The lowest BCUT2D eigenvalue weighted by Crippen LogP contribution is -2.42. The third-order valence-corrected chi connectivity index (χ3v) is 4.00. The maximum absolute atomic E-state index is 13.6. The minimum Gasteiger partial charge on any atom is -0.423 e. The molecule has 0 saturated carbocycles. The predicted molar refractivity (Wildman–Crippen MR) is 82.6 cm³/mol. The van der Waals surface area contributed by atoms with Crippen LogP contribution < -0.4 is 21.7 Å². The lowest BCUT2D eigenvalue weighted by Gasteiger charge is -2.27. The molecule has 24 heavy (non-hydrogen) atoms. The van der Waals surface area contributed by atoms with Crippen molar-refractivity contribution in [3.63, 3.8) is 0 Å². The standard InChI is InChI=1S/C16H13FN4O3/c1-20-14(22)12-11(8-4-3-5-9(17)6-8)10(7-18)13(19)24-15(12)21(2)16(20)23/h3-6,11H,19H2,1-2H3/t11-/m0/s1. The molecule has 1 aromatic heterocycles. The van der Waals surface area contributed by atoms with E-state index in [1.165, 1.54) is 32.3 Å². The lowest BCUT2D eigenvalue weighted by molar-refractivity contribution is 0.348. The molecule has 0 unspecified atom stereocenters. The van der Waals surface area contributed by atoms with Gasteiger partial charge in [-0.2, -0.15) is 5.26 Å². The van der Waals surface area contributed by atoms with E-state index in [1.807, 2.05) is 6.07 Å². The molecule has 2 aromatic rings. The minimum atomic E-state index is -0.917. The second-order valence-corrected chi connectivity index (χ2v) is 5.40. The maximum atomic E-state index is 13.6. The van der Waals surface area contributed by atoms with Crippen molar-refractivity contribution < 1.29 is 9.13 Å². The van der Waals surface area contributed by atoms with Gasteiger partial charge in [0.25, 0.3) is 5.56 Å². The zero-order valence-electron chi connectivity index (χ0n) is 12.9. The molecule has 2 heterocycles. The number of nitrogens with zero attached hydrogens (tertiary/aromatic N) is 3. The second kappa shape index (κ2) is 5.38. The summed E-state index contributed by atoms with van der Waals surface area (Å²) in [7, 11) is 2.75. The van der Waals surface area contributed by atoms with Crippen molar-refractivity contribution in [3.05, 3.63) is 73.5 Å². The van der Waals surface area contributed by atoms with Gasteiger partial charge in [0.15, 0.2) is 0 Å². The lowest BCUT2D eigenvalue weighted by atomic mass is 9.85. The highest BCUT2D eigenvalue weighted by atomic mass is 19.1. The summed E-state index contributed by atoms with van der Waals surface area (Å²) in [6.45, 7) is 0. The molecule has 0 radical (unpaired) electrons. The van der Waals surface area contributed by atoms with E-state index in [-0.39, 0.29) is 22.9 Å². The number of hydrogen-bond acceptors (Lipinski definition) is 5. The van der Waals surface area contributed by atoms with Crippen molar-refractivity contribution in [2.45, 2.75) is 5.92 Å². The van der Waals surface area contributed by atoms with Crippen molar-refractivity contribution >= 4 is 0 Å². The van der Waals surface area contributed by atoms with Crippen LogP contribution in [0.5, 0.6) is 5.88 Å². The molecule has 1 aromatic carbocycles. The monoisotopic (exact) mass is 328 g/mol. The predicted octanol–water partition coefficient (Wildman–Crippen LogP) is 0.441. The fraction of sp³-hybridized carbons (Fsp3) is 0.188. The molecular formula is C16H13FN4O3. The van der Waals surface area contributed by atoms with E-state index in [0.29, 0.717) is 5.56 Å². The zero-order valence-corrected chi connectivity index (χ0v) is 12.9. The second-order valence-electron chi connectivity index (χ2n) is 5.40. The Hall–Kier alpha value is -3.34. The number of hydrogen-bond donors (Lipinski definition) is 1. The van der Waals surface area contributed by atoms with E-state index in [9.17, 15) is 19.2 Å². The van der Waals surface area contributed by atoms with Crippen LogP contribution in [-0.4, -0.2) is 9.13 Å². The molecule has 2 N–H and O–H groups in total. The first-order valence-electron chi connectivity index (χ1n) is 6.99. The number of ether oxygens (including phenoxy) is 1. The Kier molecular flexibility index (Phi) is 3.49. The fourth-order valence-corrected chi connectivity index (χ4v) is 2.81. The first kappa shape index (κ1) is 15.6. The average Bonchev–Trinajstić information content (AvgIpc) is 2.57. The number of nitrogens with two attached hydrogens (primary N) is 1. The van der Waals surface area contributed by atoms with Gasteiger partial charge in [0.05, 0.1) is 11.5 Å². The third-order valence-electron chi connectivity index (χ3n) is 4.00.